The van der Waals surface area contributed by atoms with Crippen LogP contribution in [0, 0.1) is 17.6 Å². The van der Waals surface area contributed by atoms with Crippen molar-refractivity contribution in [2.45, 2.75) is 26.4 Å². The predicted octanol–water partition coefficient (Wildman–Crippen LogP) is 3.33. The van der Waals surface area contributed by atoms with Gasteiger partial charge in [-0.2, -0.15) is 5.10 Å². The van der Waals surface area contributed by atoms with Gasteiger partial charge in [0.25, 0.3) is 0 Å². The van der Waals surface area contributed by atoms with Gasteiger partial charge in [0.2, 0.25) is 0 Å². The average molecular weight is 471 g/mol. The highest BCUT2D eigenvalue weighted by molar-refractivity contribution is 5.92. The number of H-pyrrole nitrogens is 1. The van der Waals surface area contributed by atoms with Gasteiger partial charge in [0.15, 0.2) is 17.5 Å². The van der Waals surface area contributed by atoms with Crippen LogP contribution >= 0.6 is 0 Å². The number of carbonyl (C=O) groups is 1. The van der Waals surface area contributed by atoms with Crippen molar-refractivity contribution in [3.8, 4) is 22.6 Å². The molecule has 2 atom stereocenters. The molecule has 0 bridgehead atoms. The number of ether oxygens (including phenoxy) is 1. The number of nitrogens with zero attached hydrogens (tertiary/aromatic N) is 5. The summed E-state index contributed by atoms with van der Waals surface area (Å²) in [5.41, 5.74) is 1.19. The molecule has 0 aromatic carbocycles. The average Bonchev–Trinajstić information content (AvgIpc) is 3.45. The van der Waals surface area contributed by atoms with Gasteiger partial charge in [0.05, 0.1) is 31.5 Å². The number of methoxy groups -OCH3 is 1. The molecule has 10 nitrogen and oxygen atoms in total. The summed E-state index contributed by atoms with van der Waals surface area (Å²) in [5, 5.41) is 16.8. The Labute approximate surface area is 193 Å². The lowest BCUT2D eigenvalue weighted by atomic mass is 10.0. The Balaban J connectivity index is 1.84. The summed E-state index contributed by atoms with van der Waals surface area (Å²) in [7, 11) is 1.57. The summed E-state index contributed by atoms with van der Waals surface area (Å²) in [6.45, 7) is 4.01. The molecular formula is C22H23F2N7O3. The molecule has 178 valence electrons. The maximum absolute atomic E-state index is 15.6. The van der Waals surface area contributed by atoms with Crippen LogP contribution in [0.3, 0.4) is 0 Å². The maximum Gasteiger partial charge on any atom is 0.308 e. The van der Waals surface area contributed by atoms with Crippen LogP contribution in [0.5, 0.6) is 0 Å². The molecular weight excluding hydrogens is 448 g/mol. The Bertz CT molecular complexity index is 1340. The van der Waals surface area contributed by atoms with E-state index < -0.39 is 29.6 Å². The Morgan fingerprint density at radius 2 is 2.09 bits per heavy atom. The van der Waals surface area contributed by atoms with Crippen LogP contribution in [0.4, 0.5) is 14.6 Å². The van der Waals surface area contributed by atoms with E-state index >= 15 is 4.39 Å². The van der Waals surface area contributed by atoms with Crippen LogP contribution < -0.4 is 5.32 Å². The molecule has 0 radical (unpaired) electrons. The first kappa shape index (κ1) is 23.2. The van der Waals surface area contributed by atoms with Gasteiger partial charge < -0.3 is 20.1 Å². The van der Waals surface area contributed by atoms with Crippen LogP contribution in [0.25, 0.3) is 33.7 Å². The minimum absolute atomic E-state index is 0.0370. The second-order valence-corrected chi connectivity index (χ2v) is 7.86. The molecule has 12 heteroatoms. The standard InChI is InChI=1S/C22H23F2N7O3/c1-11(22(32)33)12(2)28-21-17(24)18(13-7-27-31(10-13)4-5-34-3)29-20(30-21)16-9-26-19-15(16)6-14(23)8-25-19/h6-12H,4-5H2,1-3H3,(H,25,26)(H,32,33)(H,28,29,30)/t11-,12-/m0/s1. The number of hydrogen-bond donors (Lipinski definition) is 3. The summed E-state index contributed by atoms with van der Waals surface area (Å²) in [6.07, 6.45) is 5.73. The van der Waals surface area contributed by atoms with Crippen molar-refractivity contribution in [1.29, 1.82) is 0 Å². The van der Waals surface area contributed by atoms with Crippen LogP contribution in [0.1, 0.15) is 13.8 Å². The molecule has 34 heavy (non-hydrogen) atoms. The minimum atomic E-state index is -1.03. The van der Waals surface area contributed by atoms with Gasteiger partial charge in [-0.15, -0.1) is 0 Å². The zero-order chi connectivity index (χ0) is 24.4. The van der Waals surface area contributed by atoms with E-state index in [0.29, 0.717) is 35.3 Å². The fraction of sp³-hybridized carbons (Fsp3) is 0.318. The van der Waals surface area contributed by atoms with Crippen molar-refractivity contribution < 1.29 is 23.4 Å². The number of halogens is 2. The largest absolute Gasteiger partial charge is 0.481 e. The molecule has 0 aliphatic carbocycles. The number of hydrogen-bond acceptors (Lipinski definition) is 7. The van der Waals surface area contributed by atoms with Crippen LogP contribution in [-0.4, -0.2) is 60.6 Å². The monoisotopic (exact) mass is 471 g/mol. The van der Waals surface area contributed by atoms with E-state index in [9.17, 15) is 14.3 Å². The lowest BCUT2D eigenvalue weighted by Gasteiger charge is -2.19. The van der Waals surface area contributed by atoms with Gasteiger partial charge in [-0.05, 0) is 19.9 Å². The first-order valence-corrected chi connectivity index (χ1v) is 10.5. The number of pyridine rings is 1. The van der Waals surface area contributed by atoms with E-state index in [2.05, 4.69) is 30.4 Å². The number of aromatic nitrogens is 6. The van der Waals surface area contributed by atoms with Crippen LogP contribution in [0.15, 0.2) is 30.9 Å². The van der Waals surface area contributed by atoms with Crippen molar-refractivity contribution in [3.63, 3.8) is 0 Å². The molecule has 0 aliphatic heterocycles. The number of fused-ring (bicyclic) bond motifs is 1. The van der Waals surface area contributed by atoms with Gasteiger partial charge >= 0.3 is 5.97 Å². The third-order valence-corrected chi connectivity index (χ3v) is 5.52. The molecule has 0 unspecified atom stereocenters. The molecule has 3 N–H and O–H groups in total. The van der Waals surface area contributed by atoms with Crippen molar-refractivity contribution in [1.82, 2.24) is 29.7 Å². The lowest BCUT2D eigenvalue weighted by Crippen LogP contribution is -2.30. The van der Waals surface area contributed by atoms with E-state index in [1.165, 1.54) is 19.2 Å². The summed E-state index contributed by atoms with van der Waals surface area (Å²) < 4.78 is 36.1. The summed E-state index contributed by atoms with van der Waals surface area (Å²) in [4.78, 5) is 27.0. The van der Waals surface area contributed by atoms with E-state index in [-0.39, 0.29) is 17.3 Å². The Hall–Kier alpha value is -3.93. The Kier molecular flexibility index (Phi) is 6.50. The Morgan fingerprint density at radius 3 is 2.82 bits per heavy atom. The third-order valence-electron chi connectivity index (χ3n) is 5.52. The quantitative estimate of drug-likeness (QED) is 0.339. The van der Waals surface area contributed by atoms with Crippen LogP contribution in [0.2, 0.25) is 0 Å². The van der Waals surface area contributed by atoms with E-state index in [4.69, 9.17) is 4.74 Å². The van der Waals surface area contributed by atoms with Gasteiger partial charge in [-0.3, -0.25) is 9.48 Å². The fourth-order valence-corrected chi connectivity index (χ4v) is 3.36. The number of carboxylic acids is 1. The Morgan fingerprint density at radius 1 is 1.29 bits per heavy atom. The van der Waals surface area contributed by atoms with Crippen molar-refractivity contribution in [2.75, 3.05) is 19.0 Å². The van der Waals surface area contributed by atoms with Crippen LogP contribution in [-0.2, 0) is 16.1 Å². The number of anilines is 1. The minimum Gasteiger partial charge on any atom is -0.481 e. The summed E-state index contributed by atoms with van der Waals surface area (Å²) in [5.74, 6) is -3.22. The highest BCUT2D eigenvalue weighted by Crippen LogP contribution is 2.32. The maximum atomic E-state index is 15.6. The van der Waals surface area contributed by atoms with Crippen molar-refractivity contribution >= 4 is 22.8 Å². The third kappa shape index (κ3) is 4.57. The van der Waals surface area contributed by atoms with Crippen molar-refractivity contribution in [3.05, 3.63) is 42.5 Å². The highest BCUT2D eigenvalue weighted by Gasteiger charge is 2.25. The first-order valence-electron chi connectivity index (χ1n) is 10.5. The molecule has 4 heterocycles. The smallest absolute Gasteiger partial charge is 0.308 e. The van der Waals surface area contributed by atoms with Gasteiger partial charge in [-0.25, -0.2) is 23.7 Å². The second kappa shape index (κ2) is 9.51. The van der Waals surface area contributed by atoms with Gasteiger partial charge in [-0.1, -0.05) is 0 Å². The summed E-state index contributed by atoms with van der Waals surface area (Å²) >= 11 is 0. The molecule has 0 spiro atoms. The van der Waals surface area contributed by atoms with Crippen molar-refractivity contribution in [2.24, 2.45) is 5.92 Å². The highest BCUT2D eigenvalue weighted by atomic mass is 19.1. The topological polar surface area (TPSA) is 131 Å². The molecule has 4 aromatic heterocycles. The number of nitrogens with one attached hydrogen (secondary N) is 2. The van der Waals surface area contributed by atoms with Gasteiger partial charge in [0.1, 0.15) is 17.2 Å². The number of aromatic amines is 1. The molecule has 0 aliphatic rings. The van der Waals surface area contributed by atoms with Gasteiger partial charge in [0, 0.05) is 42.1 Å². The fourth-order valence-electron chi connectivity index (χ4n) is 3.36. The predicted molar refractivity (Wildman–Crippen MR) is 120 cm³/mol. The number of rotatable bonds is 9. The lowest BCUT2D eigenvalue weighted by molar-refractivity contribution is -0.141. The molecule has 4 rings (SSSR count). The molecule has 4 aromatic rings. The summed E-state index contributed by atoms with van der Waals surface area (Å²) in [6, 6.07) is 0.639. The number of carboxylic acid groups (broad SMARTS) is 1. The molecule has 0 saturated carbocycles. The normalized spacial score (nSPS) is 13.2. The SMILES string of the molecule is COCCn1cc(-c2nc(-c3c[nH]c4ncc(F)cc34)nc(N[C@@H](C)[C@H](C)C(=O)O)c2F)cn1. The first-order chi connectivity index (χ1) is 16.3. The number of aliphatic carboxylic acids is 1. The van der Waals surface area contributed by atoms with E-state index in [1.54, 1.807) is 31.1 Å². The molecule has 0 fully saturated rings. The zero-order valence-corrected chi connectivity index (χ0v) is 18.7. The molecule has 0 amide bonds. The molecule has 0 saturated heterocycles. The second-order valence-electron chi connectivity index (χ2n) is 7.86. The zero-order valence-electron chi connectivity index (χ0n) is 18.7. The van der Waals surface area contributed by atoms with E-state index in [1.807, 2.05) is 0 Å². The van der Waals surface area contributed by atoms with E-state index in [0.717, 1.165) is 6.20 Å².